The van der Waals surface area contributed by atoms with Crippen LogP contribution in [-0.4, -0.2) is 77.6 Å². The van der Waals surface area contributed by atoms with Gasteiger partial charge in [-0.05, 0) is 44.2 Å². The van der Waals surface area contributed by atoms with Gasteiger partial charge in [-0.2, -0.15) is 18.2 Å². The van der Waals surface area contributed by atoms with Gasteiger partial charge in [-0.3, -0.25) is 9.36 Å². The number of carbonyl (C=O) groups excluding carboxylic acids is 1. The summed E-state index contributed by atoms with van der Waals surface area (Å²) in [6.45, 7) is 11.6. The fourth-order valence-electron chi connectivity index (χ4n) is 6.14. The van der Waals surface area contributed by atoms with Crippen LogP contribution in [0.3, 0.4) is 0 Å². The molecule has 15 heteroatoms. The van der Waals surface area contributed by atoms with Gasteiger partial charge in [-0.15, -0.1) is 11.8 Å². The molecule has 2 atom stereocenters. The third-order valence-electron chi connectivity index (χ3n) is 8.05. The van der Waals surface area contributed by atoms with E-state index in [0.717, 1.165) is 50.2 Å². The van der Waals surface area contributed by atoms with Crippen LogP contribution in [0.2, 0.25) is 5.02 Å². The minimum Gasteiger partial charge on any atom is -0.379 e. The average Bonchev–Trinajstić information content (AvgIpc) is 3.25. The molecule has 3 aromatic rings. The minimum atomic E-state index is -4.94. The Kier molecular flexibility index (Phi) is 10.3. The first-order valence-electron chi connectivity index (χ1n) is 14.8. The predicted molar refractivity (Wildman–Crippen MR) is 169 cm³/mol. The Morgan fingerprint density at radius 1 is 1.13 bits per heavy atom. The Hall–Kier alpha value is -3.20. The maximum atomic E-state index is 15.1. The molecule has 3 aliphatic heterocycles. The van der Waals surface area contributed by atoms with Crippen molar-refractivity contribution in [3.63, 3.8) is 0 Å². The highest BCUT2D eigenvalue weighted by molar-refractivity contribution is 7.99. The number of alkyl halides is 3. The van der Waals surface area contributed by atoms with E-state index < -0.39 is 45.2 Å². The fourth-order valence-corrected chi connectivity index (χ4v) is 7.50. The van der Waals surface area contributed by atoms with E-state index in [1.807, 2.05) is 0 Å². The molecule has 8 nitrogen and oxygen atoms in total. The van der Waals surface area contributed by atoms with Crippen LogP contribution in [0.1, 0.15) is 25.8 Å². The van der Waals surface area contributed by atoms with E-state index in [4.69, 9.17) is 16.3 Å². The number of hydrogen-bond donors (Lipinski definition) is 1. The average molecular weight is 686 g/mol. The molecule has 2 aromatic carbocycles. The van der Waals surface area contributed by atoms with E-state index in [1.54, 1.807) is 23.6 Å². The molecule has 1 amide bonds. The summed E-state index contributed by atoms with van der Waals surface area (Å²) < 4.78 is 79.4. The highest BCUT2D eigenvalue weighted by Crippen LogP contribution is 2.49. The van der Waals surface area contributed by atoms with Gasteiger partial charge < -0.3 is 19.9 Å². The number of amides is 1. The van der Waals surface area contributed by atoms with Crippen molar-refractivity contribution in [3.8, 4) is 11.1 Å². The van der Waals surface area contributed by atoms with Crippen molar-refractivity contribution < 1.29 is 31.5 Å². The molecule has 2 unspecified atom stereocenters. The van der Waals surface area contributed by atoms with E-state index in [-0.39, 0.29) is 59.2 Å². The quantitative estimate of drug-likeness (QED) is 0.215. The molecule has 1 aromatic heterocycles. The Morgan fingerprint density at radius 3 is 2.37 bits per heavy atom. The van der Waals surface area contributed by atoms with Crippen LogP contribution in [0.4, 0.5) is 27.8 Å². The third kappa shape index (κ3) is 6.76. The van der Waals surface area contributed by atoms with Gasteiger partial charge >= 0.3 is 11.9 Å². The fraction of sp³-hybridized carbons (Fsp3) is 0.452. The Bertz CT molecular complexity index is 1690. The molecule has 6 rings (SSSR count). The molecule has 0 aliphatic carbocycles. The van der Waals surface area contributed by atoms with Crippen LogP contribution in [0.5, 0.6) is 0 Å². The number of hydrogen-bond acceptors (Lipinski definition) is 7. The molecule has 3 aliphatic rings. The molecule has 2 saturated heterocycles. The van der Waals surface area contributed by atoms with Crippen molar-refractivity contribution in [1.29, 1.82) is 0 Å². The normalized spacial score (nSPS) is 20.2. The first kappa shape index (κ1) is 34.1. The van der Waals surface area contributed by atoms with Gasteiger partial charge in [0.2, 0.25) is 5.91 Å². The molecular formula is C31H33ClF5N5O3S. The van der Waals surface area contributed by atoms with Crippen molar-refractivity contribution in [1.82, 2.24) is 19.8 Å². The number of nitrogens with zero attached hydrogens (tertiary/aromatic N) is 4. The number of piperazine rings is 1. The molecule has 2 fully saturated rings. The molecule has 0 bridgehead atoms. The SMILES string of the molecule is C1COCCN1.C=CC(=O)N1C(C)CN(c2nc(=O)n3c4c(c(-c5cc(Cl)c(F)cc5F)c(C(F)(F)F)cc24)SCCC3)CC1C. The Labute approximate surface area is 271 Å². The highest BCUT2D eigenvalue weighted by atomic mass is 35.5. The Balaban J connectivity index is 0.000000624. The van der Waals surface area contributed by atoms with Crippen molar-refractivity contribution >= 4 is 46.0 Å². The van der Waals surface area contributed by atoms with Crippen LogP contribution in [0.25, 0.3) is 22.0 Å². The highest BCUT2D eigenvalue weighted by Gasteiger charge is 2.40. The number of thioether (sulfide) groups is 1. The van der Waals surface area contributed by atoms with E-state index in [2.05, 4.69) is 16.9 Å². The Morgan fingerprint density at radius 2 is 1.80 bits per heavy atom. The summed E-state index contributed by atoms with van der Waals surface area (Å²) in [5, 5.41) is 2.71. The van der Waals surface area contributed by atoms with Crippen LogP contribution in [0, 0.1) is 11.6 Å². The van der Waals surface area contributed by atoms with E-state index in [9.17, 15) is 27.2 Å². The van der Waals surface area contributed by atoms with Gasteiger partial charge in [-0.1, -0.05) is 18.2 Å². The number of aryl methyl sites for hydroxylation is 1. The summed E-state index contributed by atoms with van der Waals surface area (Å²) in [6, 6.07) is 1.47. The maximum Gasteiger partial charge on any atom is 0.417 e. The first-order chi connectivity index (χ1) is 21.8. The van der Waals surface area contributed by atoms with Gasteiger partial charge in [0.25, 0.3) is 0 Å². The molecule has 0 radical (unpaired) electrons. The zero-order valence-electron chi connectivity index (χ0n) is 25.2. The van der Waals surface area contributed by atoms with Crippen molar-refractivity contribution in [2.75, 3.05) is 50.0 Å². The number of morpholine rings is 1. The lowest BCUT2D eigenvalue weighted by Gasteiger charge is -2.44. The standard InChI is InChI=1S/C27H24ClF5N4O2S.C4H9NO/c1-4-21(38)37-13(2)11-35(12-14(37)3)25-16-8-17(27(31,32)33)22(15-9-18(28)20(30)10-19(15)29)24-23(16)36(26(39)34-25)6-5-7-40-24;1-3-6-4-2-5-1/h4,8-10,13-14H,1,5-7,11-12H2,2-3H3;5H,1-4H2. The van der Waals surface area contributed by atoms with Crippen LogP contribution < -0.4 is 15.9 Å². The molecule has 1 N–H and O–H groups in total. The lowest BCUT2D eigenvalue weighted by Crippen LogP contribution is -2.58. The second-order valence-corrected chi connectivity index (χ2v) is 12.8. The van der Waals surface area contributed by atoms with E-state index in [0.29, 0.717) is 18.2 Å². The third-order valence-corrected chi connectivity index (χ3v) is 9.52. The van der Waals surface area contributed by atoms with Crippen LogP contribution >= 0.6 is 23.4 Å². The van der Waals surface area contributed by atoms with Gasteiger partial charge in [-0.25, -0.2) is 13.6 Å². The summed E-state index contributed by atoms with van der Waals surface area (Å²) in [6.07, 6.45) is -3.28. The van der Waals surface area contributed by atoms with Gasteiger partial charge in [0.1, 0.15) is 17.5 Å². The number of anilines is 1. The maximum absolute atomic E-state index is 15.1. The summed E-state index contributed by atoms with van der Waals surface area (Å²) >= 11 is 6.95. The molecule has 0 spiro atoms. The van der Waals surface area contributed by atoms with Crippen molar-refractivity contribution in [3.05, 3.63) is 63.6 Å². The monoisotopic (exact) mass is 685 g/mol. The molecule has 4 heterocycles. The molecule has 46 heavy (non-hydrogen) atoms. The lowest BCUT2D eigenvalue weighted by atomic mass is 9.95. The van der Waals surface area contributed by atoms with Crippen LogP contribution in [-0.2, 0) is 22.3 Å². The minimum absolute atomic E-state index is 0.0474. The number of rotatable bonds is 3. The van der Waals surface area contributed by atoms with E-state index in [1.165, 1.54) is 10.6 Å². The van der Waals surface area contributed by atoms with Gasteiger partial charge in [0.05, 0.1) is 29.3 Å². The van der Waals surface area contributed by atoms with Gasteiger partial charge in [0.15, 0.2) is 0 Å². The first-order valence-corrected chi connectivity index (χ1v) is 16.1. The van der Waals surface area contributed by atoms with E-state index >= 15 is 4.39 Å². The summed E-state index contributed by atoms with van der Waals surface area (Å²) in [7, 11) is 0. The zero-order valence-corrected chi connectivity index (χ0v) is 26.8. The second-order valence-electron chi connectivity index (χ2n) is 11.3. The molecule has 0 saturated carbocycles. The summed E-state index contributed by atoms with van der Waals surface area (Å²) in [4.78, 5) is 33.3. The van der Waals surface area contributed by atoms with Gasteiger partial charge in [0, 0.05) is 72.3 Å². The lowest BCUT2D eigenvalue weighted by molar-refractivity contribution is -0.137. The largest absolute Gasteiger partial charge is 0.417 e. The van der Waals surface area contributed by atoms with Crippen molar-refractivity contribution in [2.24, 2.45) is 0 Å². The second kappa shape index (κ2) is 13.9. The number of halogens is 6. The summed E-state index contributed by atoms with van der Waals surface area (Å²) in [5.74, 6) is -2.18. The number of ether oxygens (including phenoxy) is 1. The summed E-state index contributed by atoms with van der Waals surface area (Å²) in [5.41, 5.74) is -2.62. The number of nitrogens with one attached hydrogen (secondary N) is 1. The zero-order chi connectivity index (χ0) is 33.3. The number of carbonyl (C=O) groups is 1. The smallest absolute Gasteiger partial charge is 0.379 e. The number of benzene rings is 2. The van der Waals surface area contributed by atoms with Crippen LogP contribution in [0.15, 0.2) is 40.5 Å². The molecule has 248 valence electrons. The number of aromatic nitrogens is 2. The predicted octanol–water partition coefficient (Wildman–Crippen LogP) is 5.73. The van der Waals surface area contributed by atoms with Crippen molar-refractivity contribution in [2.45, 2.75) is 50.0 Å². The topological polar surface area (TPSA) is 79.7 Å². The molecular weight excluding hydrogens is 653 g/mol.